The third-order valence-corrected chi connectivity index (χ3v) is 4.21. The van der Waals surface area contributed by atoms with Crippen LogP contribution in [0.3, 0.4) is 0 Å². The first-order valence-electron chi connectivity index (χ1n) is 6.90. The minimum absolute atomic E-state index is 0. The van der Waals surface area contributed by atoms with Gasteiger partial charge in [-0.25, -0.2) is 13.1 Å². The number of nitrogens with one attached hydrogen (secondary N) is 2. The Morgan fingerprint density at radius 1 is 1.43 bits per heavy atom. The fourth-order valence-electron chi connectivity index (χ4n) is 1.97. The van der Waals surface area contributed by atoms with Gasteiger partial charge in [0.25, 0.3) is 0 Å². The number of rotatable bonds is 7. The average Bonchev–Trinajstić information content (AvgIpc) is 2.70. The van der Waals surface area contributed by atoms with Crippen LogP contribution in [0.5, 0.6) is 0 Å². The molecule has 10 heteroatoms. The van der Waals surface area contributed by atoms with E-state index in [9.17, 15) is 8.42 Å². The molecular weight excluding hydrogens is 497 g/mol. The van der Waals surface area contributed by atoms with Crippen molar-refractivity contribution >= 4 is 55.9 Å². The Morgan fingerprint density at radius 2 is 2.09 bits per heavy atom. The minimum Gasteiger partial charge on any atom is -0.356 e. The number of sulfonamides is 1. The van der Waals surface area contributed by atoms with E-state index in [2.05, 4.69) is 41.6 Å². The van der Waals surface area contributed by atoms with Crippen LogP contribution in [-0.2, 0) is 23.6 Å². The number of aliphatic imine (C=N–C) groups is 1. The topological polar surface area (TPSA) is 78.7 Å². The first-order chi connectivity index (χ1) is 10.2. The molecule has 0 radical (unpaired) electrons. The number of hydrogen-bond acceptors (Lipinski definition) is 3. The number of aromatic nitrogens is 1. The minimum atomic E-state index is -3.12. The predicted octanol–water partition coefficient (Wildman–Crippen LogP) is 1.35. The molecule has 0 unspecified atom stereocenters. The Bertz CT molecular complexity index is 618. The predicted molar refractivity (Wildman–Crippen MR) is 109 cm³/mol. The van der Waals surface area contributed by atoms with Gasteiger partial charge in [0.05, 0.1) is 12.8 Å². The van der Waals surface area contributed by atoms with Crippen LogP contribution in [0.15, 0.2) is 21.7 Å². The van der Waals surface area contributed by atoms with Crippen LogP contribution in [0.25, 0.3) is 0 Å². The lowest BCUT2D eigenvalue weighted by Gasteiger charge is -2.22. The van der Waals surface area contributed by atoms with E-state index in [4.69, 9.17) is 0 Å². The molecule has 2 N–H and O–H groups in total. The molecule has 1 rings (SSSR count). The third-order valence-electron chi connectivity index (χ3n) is 3.05. The summed E-state index contributed by atoms with van der Waals surface area (Å²) in [5, 5.41) is 3.22. The van der Waals surface area contributed by atoms with Gasteiger partial charge in [0.15, 0.2) is 5.96 Å². The first kappa shape index (κ1) is 22.7. The maximum Gasteiger partial charge on any atom is 0.208 e. The van der Waals surface area contributed by atoms with Crippen LogP contribution >= 0.6 is 39.9 Å². The number of guanidine groups is 1. The second-order valence-electron chi connectivity index (χ2n) is 5.11. The Kier molecular flexibility index (Phi) is 10.4. The van der Waals surface area contributed by atoms with Crippen molar-refractivity contribution < 1.29 is 8.42 Å². The van der Waals surface area contributed by atoms with Gasteiger partial charge in [0.2, 0.25) is 10.0 Å². The molecule has 1 aromatic heterocycles. The van der Waals surface area contributed by atoms with Crippen LogP contribution in [0.4, 0.5) is 0 Å². The fraction of sp³-hybridized carbons (Fsp3) is 0.615. The number of halogens is 2. The maximum atomic E-state index is 11.0. The average molecular weight is 522 g/mol. The highest BCUT2D eigenvalue weighted by Crippen LogP contribution is 2.14. The highest BCUT2D eigenvalue weighted by Gasteiger charge is 2.09. The quantitative estimate of drug-likeness (QED) is 0.246. The number of nitrogens with zero attached hydrogens (tertiary/aromatic N) is 3. The molecule has 0 bridgehead atoms. The van der Waals surface area contributed by atoms with Gasteiger partial charge in [-0.1, -0.05) is 0 Å². The van der Waals surface area contributed by atoms with E-state index in [-0.39, 0.29) is 24.0 Å². The van der Waals surface area contributed by atoms with Crippen molar-refractivity contribution in [3.63, 3.8) is 0 Å². The molecule has 0 fully saturated rings. The molecule has 0 aliphatic rings. The summed E-state index contributed by atoms with van der Waals surface area (Å²) in [5.74, 6) is 0.775. The summed E-state index contributed by atoms with van der Waals surface area (Å²) in [5.41, 5.74) is 1.16. The van der Waals surface area contributed by atoms with Crippen LogP contribution in [0.2, 0.25) is 0 Å². The summed E-state index contributed by atoms with van der Waals surface area (Å²) >= 11 is 3.46. The lowest BCUT2D eigenvalue weighted by Crippen LogP contribution is -2.40. The summed E-state index contributed by atoms with van der Waals surface area (Å²) in [7, 11) is 2.58. The van der Waals surface area contributed by atoms with Crippen molar-refractivity contribution in [3.8, 4) is 0 Å². The molecule has 0 saturated carbocycles. The largest absolute Gasteiger partial charge is 0.356 e. The van der Waals surface area contributed by atoms with Gasteiger partial charge in [0.1, 0.15) is 0 Å². The van der Waals surface area contributed by atoms with Crippen LogP contribution in [0, 0.1) is 0 Å². The van der Waals surface area contributed by atoms with E-state index >= 15 is 0 Å². The molecule has 0 atom stereocenters. The van der Waals surface area contributed by atoms with Crippen LogP contribution in [-0.4, -0.2) is 57.3 Å². The molecule has 0 aliphatic heterocycles. The molecule has 0 aromatic carbocycles. The maximum absolute atomic E-state index is 11.0. The summed E-state index contributed by atoms with van der Waals surface area (Å²) in [6, 6.07) is 2.07. The van der Waals surface area contributed by atoms with Gasteiger partial charge in [-0.3, -0.25) is 4.99 Å². The molecule has 0 aliphatic carbocycles. The zero-order chi connectivity index (χ0) is 16.8. The molecule has 23 heavy (non-hydrogen) atoms. The van der Waals surface area contributed by atoms with Crippen molar-refractivity contribution in [2.75, 3.05) is 33.4 Å². The van der Waals surface area contributed by atoms with Crippen molar-refractivity contribution in [3.05, 3.63) is 22.4 Å². The van der Waals surface area contributed by atoms with Crippen molar-refractivity contribution in [2.45, 2.75) is 13.0 Å². The summed E-state index contributed by atoms with van der Waals surface area (Å²) in [4.78, 5) is 6.26. The van der Waals surface area contributed by atoms with E-state index in [0.29, 0.717) is 19.5 Å². The third kappa shape index (κ3) is 8.91. The smallest absolute Gasteiger partial charge is 0.208 e. The van der Waals surface area contributed by atoms with Gasteiger partial charge < -0.3 is 14.8 Å². The van der Waals surface area contributed by atoms with E-state index in [0.717, 1.165) is 28.9 Å². The Morgan fingerprint density at radius 3 is 2.57 bits per heavy atom. The zero-order valence-electron chi connectivity index (χ0n) is 13.8. The normalized spacial score (nSPS) is 12.0. The Labute approximate surface area is 164 Å². The SMILES string of the molecule is CN=C(NCCCNS(C)(=O)=O)N(C)Cc1cc(Br)cn1C.I. The van der Waals surface area contributed by atoms with Crippen LogP contribution < -0.4 is 10.0 Å². The first-order valence-corrected chi connectivity index (χ1v) is 9.58. The second kappa shape index (κ2) is 10.5. The molecular formula is C13H25BrIN5O2S. The molecule has 0 saturated heterocycles. The van der Waals surface area contributed by atoms with Gasteiger partial charge in [0, 0.05) is 50.6 Å². The fourth-order valence-corrected chi connectivity index (χ4v) is 3.06. The Balaban J connectivity index is 0.00000484. The monoisotopic (exact) mass is 521 g/mol. The summed E-state index contributed by atoms with van der Waals surface area (Å²) in [6.45, 7) is 1.79. The van der Waals surface area contributed by atoms with Crippen LogP contribution in [0.1, 0.15) is 12.1 Å². The van der Waals surface area contributed by atoms with Gasteiger partial charge >= 0.3 is 0 Å². The van der Waals surface area contributed by atoms with Gasteiger partial charge in [-0.05, 0) is 28.4 Å². The summed E-state index contributed by atoms with van der Waals surface area (Å²) in [6.07, 6.45) is 3.86. The number of hydrogen-bond donors (Lipinski definition) is 2. The van der Waals surface area contributed by atoms with E-state index in [1.165, 1.54) is 0 Å². The molecule has 7 nitrogen and oxygen atoms in total. The number of aryl methyl sites for hydroxylation is 1. The molecule has 0 amide bonds. The highest BCUT2D eigenvalue weighted by molar-refractivity contribution is 14.0. The van der Waals surface area contributed by atoms with E-state index < -0.39 is 10.0 Å². The van der Waals surface area contributed by atoms with Gasteiger partial charge in [-0.2, -0.15) is 0 Å². The van der Waals surface area contributed by atoms with Crippen molar-refractivity contribution in [1.82, 2.24) is 19.5 Å². The van der Waals surface area contributed by atoms with Gasteiger partial charge in [-0.15, -0.1) is 24.0 Å². The summed E-state index contributed by atoms with van der Waals surface area (Å²) < 4.78 is 27.5. The second-order valence-corrected chi connectivity index (χ2v) is 7.86. The molecule has 0 spiro atoms. The van der Waals surface area contributed by atoms with Crippen molar-refractivity contribution in [1.29, 1.82) is 0 Å². The lowest BCUT2D eigenvalue weighted by atomic mass is 10.4. The highest BCUT2D eigenvalue weighted by atomic mass is 127. The Hall–Kier alpha value is -0.330. The lowest BCUT2D eigenvalue weighted by molar-refractivity contribution is 0.461. The zero-order valence-corrected chi connectivity index (χ0v) is 18.6. The van der Waals surface area contributed by atoms with E-state index in [1.807, 2.05) is 25.2 Å². The standard InChI is InChI=1S/C13H24BrN5O2S.HI/c1-15-13(16-6-5-7-17-22(4,20)21)19(3)10-12-8-11(14)9-18(12)2;/h8-9,17H,5-7,10H2,1-4H3,(H,15,16);1H. The molecule has 1 aromatic rings. The molecule has 1 heterocycles. The van der Waals surface area contributed by atoms with Crippen molar-refractivity contribution in [2.24, 2.45) is 12.0 Å². The molecule has 134 valence electrons. The van der Waals surface area contributed by atoms with E-state index in [1.54, 1.807) is 7.05 Å².